The number of hydrogen-bond donors (Lipinski definition) is 0. The first-order chi connectivity index (χ1) is 22.6. The van der Waals surface area contributed by atoms with E-state index in [1.807, 2.05) is 0 Å². The maximum Gasteiger partial charge on any atom is 0.306 e. The summed E-state index contributed by atoms with van der Waals surface area (Å²) in [4.78, 5) is 27.3. The van der Waals surface area contributed by atoms with Gasteiger partial charge in [0.05, 0.1) is 6.54 Å². The first-order valence-corrected chi connectivity index (χ1v) is 19.3. The van der Waals surface area contributed by atoms with Crippen molar-refractivity contribution in [2.45, 2.75) is 200 Å². The molecule has 0 aromatic carbocycles. The van der Waals surface area contributed by atoms with Gasteiger partial charge in [-0.2, -0.15) is 0 Å². The van der Waals surface area contributed by atoms with E-state index in [0.717, 1.165) is 51.4 Å². The van der Waals surface area contributed by atoms with E-state index in [1.54, 1.807) is 0 Å². The lowest BCUT2D eigenvalue weighted by atomic mass is 10.1. The highest BCUT2D eigenvalue weighted by Gasteiger charge is 2.16. The molecule has 0 aliphatic rings. The molecule has 0 aromatic heterocycles. The highest BCUT2D eigenvalue weighted by Crippen LogP contribution is 2.13. The van der Waals surface area contributed by atoms with E-state index < -0.39 is 6.10 Å². The molecule has 1 atom stereocenters. The van der Waals surface area contributed by atoms with Crippen LogP contribution in [0.15, 0.2) is 29.4 Å². The van der Waals surface area contributed by atoms with Crippen LogP contribution >= 0.6 is 0 Å². The van der Waals surface area contributed by atoms with E-state index >= 15 is 0 Å². The zero-order chi connectivity index (χ0) is 33.6. The summed E-state index contributed by atoms with van der Waals surface area (Å²) in [6.07, 6.45) is 40.6. The quantitative estimate of drug-likeness (QED) is 0.0171. The molecule has 0 amide bonds. The Morgan fingerprint density at radius 2 is 0.935 bits per heavy atom. The number of nitrogens with zero attached hydrogens (tertiary/aromatic N) is 3. The molecule has 0 saturated heterocycles. The Morgan fingerprint density at radius 3 is 1.35 bits per heavy atom. The summed E-state index contributed by atoms with van der Waals surface area (Å²) >= 11 is 0. The predicted molar refractivity (Wildman–Crippen MR) is 194 cm³/mol. The molecule has 0 heterocycles. The molecule has 0 spiro atoms. The van der Waals surface area contributed by atoms with Crippen LogP contribution in [-0.2, 0) is 19.1 Å². The van der Waals surface area contributed by atoms with Crippen LogP contribution in [0, 0.1) is 0 Å². The van der Waals surface area contributed by atoms with Crippen molar-refractivity contribution in [2.75, 3.05) is 13.2 Å². The minimum absolute atomic E-state index is 0.0324. The van der Waals surface area contributed by atoms with Crippen molar-refractivity contribution in [3.63, 3.8) is 0 Å². The third kappa shape index (κ3) is 34.6. The molecule has 0 N–H and O–H groups in total. The molecule has 7 nitrogen and oxygen atoms in total. The number of esters is 2. The molecule has 0 fully saturated rings. The predicted octanol–water partition coefficient (Wildman–Crippen LogP) is 12.8. The molecule has 0 saturated carbocycles. The number of azide groups is 1. The van der Waals surface area contributed by atoms with Gasteiger partial charge in [-0.25, -0.2) is 0 Å². The van der Waals surface area contributed by atoms with Crippen LogP contribution in [0.1, 0.15) is 194 Å². The number of ether oxygens (including phenoxy) is 2. The Labute approximate surface area is 283 Å². The molecule has 0 bridgehead atoms. The fraction of sp³-hybridized carbons (Fsp3) is 0.846. The van der Waals surface area contributed by atoms with Gasteiger partial charge in [-0.05, 0) is 69.7 Å². The summed E-state index contributed by atoms with van der Waals surface area (Å²) in [6.45, 7) is 4.41. The SMILES string of the molecule is CCCCCCCC/C=C\CCCCCCCC(=O)OCC(CN=[N+]=[N-])OC(=O)CCCCCCC/C=C\CCCCCCCC. The normalized spacial score (nSPS) is 12.0. The summed E-state index contributed by atoms with van der Waals surface area (Å²) in [5.74, 6) is -0.624. The topological polar surface area (TPSA) is 101 Å². The Morgan fingerprint density at radius 1 is 0.565 bits per heavy atom. The minimum Gasteiger partial charge on any atom is -0.462 e. The highest BCUT2D eigenvalue weighted by atomic mass is 16.6. The van der Waals surface area contributed by atoms with Gasteiger partial charge in [-0.1, -0.05) is 146 Å². The third-order valence-electron chi connectivity index (χ3n) is 8.36. The van der Waals surface area contributed by atoms with Gasteiger partial charge in [0.15, 0.2) is 0 Å². The van der Waals surface area contributed by atoms with E-state index in [-0.39, 0.29) is 25.1 Å². The van der Waals surface area contributed by atoms with Gasteiger partial charge in [0.2, 0.25) is 0 Å². The molecular weight excluding hydrogens is 574 g/mol. The second-order valence-electron chi connectivity index (χ2n) is 12.9. The van der Waals surface area contributed by atoms with Crippen LogP contribution in [0.3, 0.4) is 0 Å². The van der Waals surface area contributed by atoms with Crippen molar-refractivity contribution in [2.24, 2.45) is 5.11 Å². The van der Waals surface area contributed by atoms with Crippen LogP contribution < -0.4 is 0 Å². The maximum absolute atomic E-state index is 12.3. The molecule has 46 heavy (non-hydrogen) atoms. The monoisotopic (exact) mass is 646 g/mol. The standard InChI is InChI=1S/C39H71N3O4/c1-3-5-7-9-11-13-15-17-19-21-23-25-27-29-31-33-38(43)45-36-37(35-41-42-40)46-39(44)34-32-30-28-26-24-22-20-18-16-14-12-10-8-6-4-2/h17-20,37H,3-16,21-36H2,1-2H3/b19-17-,20-18-. The van der Waals surface area contributed by atoms with Crippen LogP contribution in [0.4, 0.5) is 0 Å². The number of carbonyl (C=O) groups excluding carboxylic acids is 2. The van der Waals surface area contributed by atoms with Crippen molar-refractivity contribution >= 4 is 11.9 Å². The lowest BCUT2D eigenvalue weighted by Crippen LogP contribution is -2.27. The van der Waals surface area contributed by atoms with Gasteiger partial charge in [0.25, 0.3) is 0 Å². The summed E-state index contributed by atoms with van der Waals surface area (Å²) in [6, 6.07) is 0. The van der Waals surface area contributed by atoms with Gasteiger partial charge < -0.3 is 9.47 Å². The Kier molecular flexibility index (Phi) is 35.4. The van der Waals surface area contributed by atoms with E-state index in [0.29, 0.717) is 12.8 Å². The molecule has 1 unspecified atom stereocenters. The van der Waals surface area contributed by atoms with Crippen molar-refractivity contribution in [1.29, 1.82) is 0 Å². The lowest BCUT2D eigenvalue weighted by Gasteiger charge is -2.16. The van der Waals surface area contributed by atoms with Crippen LogP contribution in [0.25, 0.3) is 10.4 Å². The molecule has 0 rings (SSSR count). The van der Waals surface area contributed by atoms with Crippen molar-refractivity contribution in [3.05, 3.63) is 34.7 Å². The second-order valence-corrected chi connectivity index (χ2v) is 12.9. The van der Waals surface area contributed by atoms with Gasteiger partial charge in [0.1, 0.15) is 12.7 Å². The minimum atomic E-state index is -0.732. The second kappa shape index (κ2) is 37.2. The van der Waals surface area contributed by atoms with E-state index in [2.05, 4.69) is 48.2 Å². The Bertz CT molecular complexity index is 792. The zero-order valence-electron chi connectivity index (χ0n) is 30.1. The smallest absolute Gasteiger partial charge is 0.306 e. The average Bonchev–Trinajstić information content (AvgIpc) is 3.05. The fourth-order valence-corrected chi connectivity index (χ4v) is 5.43. The van der Waals surface area contributed by atoms with Crippen molar-refractivity contribution < 1.29 is 19.1 Å². The number of unbranched alkanes of at least 4 members (excludes halogenated alkanes) is 22. The first kappa shape index (κ1) is 43.7. The summed E-state index contributed by atoms with van der Waals surface area (Å²) in [7, 11) is 0. The summed E-state index contributed by atoms with van der Waals surface area (Å²) in [5.41, 5.74) is 8.68. The molecule has 266 valence electrons. The van der Waals surface area contributed by atoms with E-state index in [1.165, 1.54) is 116 Å². The number of rotatable bonds is 35. The average molecular weight is 646 g/mol. The Hall–Kier alpha value is -2.27. The zero-order valence-corrected chi connectivity index (χ0v) is 30.1. The maximum atomic E-state index is 12.3. The number of allylic oxidation sites excluding steroid dienone is 4. The van der Waals surface area contributed by atoms with Gasteiger partial charge >= 0.3 is 11.9 Å². The van der Waals surface area contributed by atoms with Crippen LogP contribution in [0.5, 0.6) is 0 Å². The van der Waals surface area contributed by atoms with Gasteiger partial charge in [-0.3, -0.25) is 9.59 Å². The molecule has 7 heteroatoms. The number of hydrogen-bond acceptors (Lipinski definition) is 5. The lowest BCUT2D eigenvalue weighted by molar-refractivity contribution is -0.158. The molecule has 0 aliphatic heterocycles. The third-order valence-corrected chi connectivity index (χ3v) is 8.36. The van der Waals surface area contributed by atoms with E-state index in [4.69, 9.17) is 15.0 Å². The Balaban J connectivity index is 3.79. The van der Waals surface area contributed by atoms with Gasteiger partial charge in [-0.15, -0.1) is 0 Å². The molecular formula is C39H71N3O4. The molecule has 0 aliphatic carbocycles. The first-order valence-electron chi connectivity index (χ1n) is 19.3. The van der Waals surface area contributed by atoms with E-state index in [9.17, 15) is 9.59 Å². The summed E-state index contributed by atoms with van der Waals surface area (Å²) in [5, 5.41) is 3.53. The van der Waals surface area contributed by atoms with Crippen LogP contribution in [-0.4, -0.2) is 31.2 Å². The number of carbonyl (C=O) groups is 2. The highest BCUT2D eigenvalue weighted by molar-refractivity contribution is 5.70. The summed E-state index contributed by atoms with van der Waals surface area (Å²) < 4.78 is 10.8. The van der Waals surface area contributed by atoms with Crippen LogP contribution in [0.2, 0.25) is 0 Å². The van der Waals surface area contributed by atoms with Crippen molar-refractivity contribution in [1.82, 2.24) is 0 Å². The van der Waals surface area contributed by atoms with Gasteiger partial charge in [0, 0.05) is 17.8 Å². The molecule has 0 aromatic rings. The largest absolute Gasteiger partial charge is 0.462 e. The molecule has 0 radical (unpaired) electrons. The van der Waals surface area contributed by atoms with Crippen molar-refractivity contribution in [3.8, 4) is 0 Å². The fourth-order valence-electron chi connectivity index (χ4n) is 5.43.